The predicted molar refractivity (Wildman–Crippen MR) is 94.7 cm³/mol. The van der Waals surface area contributed by atoms with Crippen molar-refractivity contribution in [3.63, 3.8) is 0 Å². The maximum Gasteiger partial charge on any atom is 0.264 e. The van der Waals surface area contributed by atoms with Crippen molar-refractivity contribution in [2.24, 2.45) is 0 Å². The number of amides is 2. The molecule has 132 valence electrons. The Labute approximate surface area is 147 Å². The van der Waals surface area contributed by atoms with Crippen molar-refractivity contribution in [2.75, 3.05) is 19.8 Å². The van der Waals surface area contributed by atoms with Crippen molar-refractivity contribution >= 4 is 29.1 Å². The van der Waals surface area contributed by atoms with Gasteiger partial charge in [-0.25, -0.2) is 0 Å². The Bertz CT molecular complexity index is 566. The average Bonchev–Trinajstić information content (AvgIpc) is 2.58. The molecule has 7 nitrogen and oxygen atoms in total. The number of benzene rings is 1. The van der Waals surface area contributed by atoms with Crippen LogP contribution in [-0.2, 0) is 9.53 Å². The van der Waals surface area contributed by atoms with Gasteiger partial charge in [-0.1, -0.05) is 19.4 Å². The second-order valence-electron chi connectivity index (χ2n) is 4.82. The summed E-state index contributed by atoms with van der Waals surface area (Å²) in [4.78, 5) is 23.5. The number of ether oxygens (including phenoxy) is 2. The summed E-state index contributed by atoms with van der Waals surface area (Å²) in [6.45, 7) is 4.82. The molecule has 24 heavy (non-hydrogen) atoms. The number of carbonyl (C=O) groups is 2. The standard InChI is InChI=1S/C16H23N3O4S/c1-3-5-9-23-13-8-6-7-12(10-13)15(21)17-16(24)19-18-14(20)11-22-4-2/h6-8,10H,3-5,9,11H2,1-2H3,(H,18,20)(H2,17,19,21,24). The molecular weight excluding hydrogens is 330 g/mol. The number of hydrogen-bond donors (Lipinski definition) is 3. The van der Waals surface area contributed by atoms with Crippen LogP contribution in [0, 0.1) is 0 Å². The summed E-state index contributed by atoms with van der Waals surface area (Å²) >= 11 is 4.95. The highest BCUT2D eigenvalue weighted by Gasteiger charge is 2.09. The highest BCUT2D eigenvalue weighted by Crippen LogP contribution is 2.13. The van der Waals surface area contributed by atoms with E-state index < -0.39 is 5.91 Å². The molecule has 1 rings (SSSR count). The van der Waals surface area contributed by atoms with E-state index in [9.17, 15) is 9.59 Å². The average molecular weight is 353 g/mol. The maximum absolute atomic E-state index is 12.1. The summed E-state index contributed by atoms with van der Waals surface area (Å²) in [5.74, 6) is -0.160. The van der Waals surface area contributed by atoms with Crippen molar-refractivity contribution < 1.29 is 19.1 Å². The highest BCUT2D eigenvalue weighted by atomic mass is 32.1. The zero-order valence-electron chi connectivity index (χ0n) is 13.9. The molecular formula is C16H23N3O4S. The minimum atomic E-state index is -0.396. The largest absolute Gasteiger partial charge is 0.494 e. The Kier molecular flexibility index (Phi) is 9.40. The summed E-state index contributed by atoms with van der Waals surface area (Å²) < 4.78 is 10.5. The van der Waals surface area contributed by atoms with E-state index in [-0.39, 0.29) is 17.6 Å². The smallest absolute Gasteiger partial charge is 0.264 e. The molecule has 0 fully saturated rings. The molecule has 1 aromatic carbocycles. The van der Waals surface area contributed by atoms with Gasteiger partial charge in [0.25, 0.3) is 11.8 Å². The van der Waals surface area contributed by atoms with Gasteiger partial charge in [-0.2, -0.15) is 0 Å². The predicted octanol–water partition coefficient (Wildman–Crippen LogP) is 1.54. The van der Waals surface area contributed by atoms with E-state index in [1.807, 2.05) is 0 Å². The molecule has 2 amide bonds. The van der Waals surface area contributed by atoms with Gasteiger partial charge < -0.3 is 9.47 Å². The third-order valence-corrected chi connectivity index (χ3v) is 3.05. The van der Waals surface area contributed by atoms with Crippen LogP contribution in [0.4, 0.5) is 0 Å². The van der Waals surface area contributed by atoms with Gasteiger partial charge in [-0.3, -0.25) is 25.8 Å². The van der Waals surface area contributed by atoms with E-state index in [2.05, 4.69) is 23.1 Å². The SMILES string of the molecule is CCCCOc1cccc(C(=O)NC(=S)NNC(=O)COCC)c1. The number of thiocarbonyl (C=S) groups is 1. The lowest BCUT2D eigenvalue weighted by atomic mass is 10.2. The molecule has 0 bridgehead atoms. The Morgan fingerprint density at radius 3 is 2.71 bits per heavy atom. The van der Waals surface area contributed by atoms with Crippen molar-refractivity contribution in [3.05, 3.63) is 29.8 Å². The summed E-state index contributed by atoms with van der Waals surface area (Å²) in [5, 5.41) is 2.46. The van der Waals surface area contributed by atoms with Crippen LogP contribution >= 0.6 is 12.2 Å². The molecule has 0 aliphatic carbocycles. The molecule has 0 heterocycles. The fourth-order valence-electron chi connectivity index (χ4n) is 1.63. The van der Waals surface area contributed by atoms with Crippen LogP contribution in [0.15, 0.2) is 24.3 Å². The number of carbonyl (C=O) groups excluding carboxylic acids is 2. The van der Waals surface area contributed by atoms with E-state index in [1.54, 1.807) is 31.2 Å². The first kappa shape index (κ1) is 19.9. The van der Waals surface area contributed by atoms with Gasteiger partial charge in [0.2, 0.25) is 0 Å². The van der Waals surface area contributed by atoms with E-state index >= 15 is 0 Å². The van der Waals surface area contributed by atoms with Gasteiger partial charge in [0.1, 0.15) is 12.4 Å². The molecule has 0 aromatic heterocycles. The first-order chi connectivity index (χ1) is 11.6. The van der Waals surface area contributed by atoms with Crippen molar-refractivity contribution in [2.45, 2.75) is 26.7 Å². The summed E-state index contributed by atoms with van der Waals surface area (Å²) in [5.41, 5.74) is 5.17. The minimum Gasteiger partial charge on any atom is -0.494 e. The molecule has 0 atom stereocenters. The highest BCUT2D eigenvalue weighted by molar-refractivity contribution is 7.80. The number of nitrogens with one attached hydrogen (secondary N) is 3. The molecule has 0 saturated heterocycles. The van der Waals surface area contributed by atoms with Crippen LogP contribution in [0.3, 0.4) is 0 Å². The molecule has 0 radical (unpaired) electrons. The third kappa shape index (κ3) is 7.89. The Hall–Kier alpha value is -2.19. The van der Waals surface area contributed by atoms with Gasteiger partial charge >= 0.3 is 0 Å². The summed E-state index contributed by atoms with van der Waals surface area (Å²) in [6.07, 6.45) is 1.99. The van der Waals surface area contributed by atoms with Gasteiger partial charge in [0.05, 0.1) is 6.61 Å². The van der Waals surface area contributed by atoms with Gasteiger partial charge in [0.15, 0.2) is 5.11 Å². The lowest BCUT2D eigenvalue weighted by Gasteiger charge is -2.11. The second kappa shape index (κ2) is 11.4. The molecule has 0 aliphatic rings. The lowest BCUT2D eigenvalue weighted by Crippen LogP contribution is -2.49. The van der Waals surface area contributed by atoms with Crippen LogP contribution in [0.5, 0.6) is 5.75 Å². The normalized spacial score (nSPS) is 9.92. The minimum absolute atomic E-state index is 0.0119. The molecule has 0 saturated carbocycles. The summed E-state index contributed by atoms with van der Waals surface area (Å²) in [7, 11) is 0. The number of rotatable bonds is 8. The third-order valence-electron chi connectivity index (χ3n) is 2.84. The number of hydrogen-bond acceptors (Lipinski definition) is 5. The van der Waals surface area contributed by atoms with E-state index in [0.717, 1.165) is 12.8 Å². The van der Waals surface area contributed by atoms with Crippen molar-refractivity contribution in [3.8, 4) is 5.75 Å². The van der Waals surface area contributed by atoms with Crippen molar-refractivity contribution in [1.82, 2.24) is 16.2 Å². The van der Waals surface area contributed by atoms with Gasteiger partial charge in [-0.05, 0) is 43.8 Å². The molecule has 0 unspecified atom stereocenters. The van der Waals surface area contributed by atoms with Crippen molar-refractivity contribution in [1.29, 1.82) is 0 Å². The topological polar surface area (TPSA) is 88.7 Å². The monoisotopic (exact) mass is 353 g/mol. The maximum atomic E-state index is 12.1. The lowest BCUT2D eigenvalue weighted by molar-refractivity contribution is -0.126. The zero-order chi connectivity index (χ0) is 17.8. The zero-order valence-corrected chi connectivity index (χ0v) is 14.7. The van der Waals surface area contributed by atoms with Crippen LogP contribution < -0.4 is 20.9 Å². The van der Waals surface area contributed by atoms with Crippen LogP contribution in [0.1, 0.15) is 37.0 Å². The number of unbranched alkanes of at least 4 members (excludes halogenated alkanes) is 1. The quantitative estimate of drug-likeness (QED) is 0.373. The molecule has 3 N–H and O–H groups in total. The Balaban J connectivity index is 2.44. The van der Waals surface area contributed by atoms with Crippen LogP contribution in [0.2, 0.25) is 0 Å². The van der Waals surface area contributed by atoms with E-state index in [4.69, 9.17) is 21.7 Å². The summed E-state index contributed by atoms with van der Waals surface area (Å²) in [6, 6.07) is 6.81. The molecule has 8 heteroatoms. The molecule has 0 aliphatic heterocycles. The van der Waals surface area contributed by atoms with Crippen LogP contribution in [0.25, 0.3) is 0 Å². The van der Waals surface area contributed by atoms with E-state index in [1.165, 1.54) is 0 Å². The van der Waals surface area contributed by atoms with Gasteiger partial charge in [0, 0.05) is 12.2 Å². The fourth-order valence-corrected chi connectivity index (χ4v) is 1.77. The molecule has 1 aromatic rings. The number of hydrazine groups is 1. The Morgan fingerprint density at radius 1 is 1.21 bits per heavy atom. The first-order valence-corrected chi connectivity index (χ1v) is 8.18. The van der Waals surface area contributed by atoms with Crippen LogP contribution in [-0.4, -0.2) is 36.7 Å². The molecule has 0 spiro atoms. The fraction of sp³-hybridized carbons (Fsp3) is 0.438. The van der Waals surface area contributed by atoms with Gasteiger partial charge in [-0.15, -0.1) is 0 Å². The second-order valence-corrected chi connectivity index (χ2v) is 5.23. The Morgan fingerprint density at radius 2 is 2.00 bits per heavy atom. The van der Waals surface area contributed by atoms with E-state index in [0.29, 0.717) is 24.5 Å². The first-order valence-electron chi connectivity index (χ1n) is 7.77.